The van der Waals surface area contributed by atoms with E-state index in [0.29, 0.717) is 19.1 Å². The number of carbonyl (C=O) groups is 1. The Labute approximate surface area is 110 Å². The molecule has 0 saturated carbocycles. The zero-order valence-electron chi connectivity index (χ0n) is 11.8. The smallest absolute Gasteiger partial charge is 0.324 e. The molecule has 18 heavy (non-hydrogen) atoms. The number of ether oxygens (including phenoxy) is 2. The molecule has 1 aliphatic rings. The standard InChI is InChI=1S/C13H26N2O3/c1-4-18-13(16)12(14-2)9-15(3)8-11-6-5-7-17-10-11/h11-12,14H,4-10H2,1-3H3. The molecule has 1 heterocycles. The van der Waals surface area contributed by atoms with Gasteiger partial charge in [-0.1, -0.05) is 0 Å². The molecule has 0 bridgehead atoms. The van der Waals surface area contributed by atoms with Gasteiger partial charge in [-0.3, -0.25) is 4.79 Å². The van der Waals surface area contributed by atoms with E-state index < -0.39 is 0 Å². The van der Waals surface area contributed by atoms with E-state index in [-0.39, 0.29) is 12.0 Å². The van der Waals surface area contributed by atoms with Crippen LogP contribution < -0.4 is 5.32 Å². The van der Waals surface area contributed by atoms with Crippen molar-refractivity contribution in [2.45, 2.75) is 25.8 Å². The van der Waals surface area contributed by atoms with Crippen LogP contribution in [0.3, 0.4) is 0 Å². The Hall–Kier alpha value is -0.650. The minimum atomic E-state index is -0.251. The minimum absolute atomic E-state index is 0.174. The molecular weight excluding hydrogens is 232 g/mol. The van der Waals surface area contributed by atoms with Crippen LogP contribution in [0.5, 0.6) is 0 Å². The summed E-state index contributed by atoms with van der Waals surface area (Å²) in [5.74, 6) is 0.412. The molecular formula is C13H26N2O3. The second kappa shape index (κ2) is 8.45. The molecule has 0 spiro atoms. The second-order valence-electron chi connectivity index (χ2n) is 4.90. The summed E-state index contributed by atoms with van der Waals surface area (Å²) in [6.07, 6.45) is 2.36. The largest absolute Gasteiger partial charge is 0.465 e. The van der Waals surface area contributed by atoms with Crippen LogP contribution in [0.4, 0.5) is 0 Å². The van der Waals surface area contributed by atoms with Gasteiger partial charge < -0.3 is 19.7 Å². The van der Waals surface area contributed by atoms with E-state index in [4.69, 9.17) is 9.47 Å². The van der Waals surface area contributed by atoms with Gasteiger partial charge in [-0.2, -0.15) is 0 Å². The van der Waals surface area contributed by atoms with Crippen LogP contribution in [0.1, 0.15) is 19.8 Å². The first-order chi connectivity index (χ1) is 8.67. The molecule has 2 unspecified atom stereocenters. The van der Waals surface area contributed by atoms with Gasteiger partial charge in [-0.25, -0.2) is 0 Å². The molecule has 0 amide bonds. The van der Waals surface area contributed by atoms with Gasteiger partial charge in [-0.05, 0) is 39.8 Å². The number of carbonyl (C=O) groups excluding carboxylic acids is 1. The molecule has 0 aliphatic carbocycles. The maximum absolute atomic E-state index is 11.7. The molecule has 2 atom stereocenters. The average Bonchev–Trinajstić information content (AvgIpc) is 2.37. The van der Waals surface area contributed by atoms with E-state index in [0.717, 1.165) is 26.2 Å². The van der Waals surface area contributed by atoms with Crippen molar-refractivity contribution in [1.82, 2.24) is 10.2 Å². The van der Waals surface area contributed by atoms with Crippen LogP contribution in [0.2, 0.25) is 0 Å². The molecule has 5 nitrogen and oxygen atoms in total. The molecule has 1 fully saturated rings. The number of nitrogens with zero attached hydrogens (tertiary/aromatic N) is 1. The molecule has 1 saturated heterocycles. The average molecular weight is 258 g/mol. The number of rotatable bonds is 7. The molecule has 1 aliphatic heterocycles. The molecule has 1 rings (SSSR count). The fourth-order valence-corrected chi connectivity index (χ4v) is 2.30. The van der Waals surface area contributed by atoms with E-state index in [1.165, 1.54) is 6.42 Å². The van der Waals surface area contributed by atoms with E-state index >= 15 is 0 Å². The summed E-state index contributed by atoms with van der Waals surface area (Å²) in [5, 5.41) is 3.01. The van der Waals surface area contributed by atoms with Crippen molar-refractivity contribution in [3.8, 4) is 0 Å². The summed E-state index contributed by atoms with van der Waals surface area (Å²) in [6, 6.07) is -0.251. The van der Waals surface area contributed by atoms with Crippen molar-refractivity contribution in [3.05, 3.63) is 0 Å². The molecule has 0 radical (unpaired) electrons. The van der Waals surface area contributed by atoms with Crippen LogP contribution in [0.25, 0.3) is 0 Å². The third-order valence-corrected chi connectivity index (χ3v) is 3.24. The predicted octanol–water partition coefficient (Wildman–Crippen LogP) is 0.496. The highest BCUT2D eigenvalue weighted by Crippen LogP contribution is 2.14. The summed E-state index contributed by atoms with van der Waals surface area (Å²) >= 11 is 0. The normalized spacial score (nSPS) is 21.9. The number of hydrogen-bond acceptors (Lipinski definition) is 5. The van der Waals surface area contributed by atoms with Crippen molar-refractivity contribution in [2.24, 2.45) is 5.92 Å². The SMILES string of the molecule is CCOC(=O)C(CN(C)CC1CCCOC1)NC. The summed E-state index contributed by atoms with van der Waals surface area (Å²) in [4.78, 5) is 13.8. The predicted molar refractivity (Wildman–Crippen MR) is 70.5 cm³/mol. The van der Waals surface area contributed by atoms with Crippen LogP contribution in [-0.4, -0.2) is 63.9 Å². The molecule has 1 N–H and O–H groups in total. The Bertz CT molecular complexity index is 242. The maximum Gasteiger partial charge on any atom is 0.324 e. The Morgan fingerprint density at radius 3 is 2.94 bits per heavy atom. The number of esters is 1. The van der Waals surface area contributed by atoms with Crippen LogP contribution in [0.15, 0.2) is 0 Å². The number of nitrogens with one attached hydrogen (secondary N) is 1. The fourth-order valence-electron chi connectivity index (χ4n) is 2.30. The lowest BCUT2D eigenvalue weighted by Gasteiger charge is -2.28. The number of likely N-dealkylation sites (N-methyl/N-ethyl adjacent to an activating group) is 2. The summed E-state index contributed by atoms with van der Waals surface area (Å²) in [6.45, 7) is 5.63. The maximum atomic E-state index is 11.7. The van der Waals surface area contributed by atoms with Gasteiger partial charge in [0.2, 0.25) is 0 Å². The van der Waals surface area contributed by atoms with E-state index in [9.17, 15) is 4.79 Å². The quantitative estimate of drug-likeness (QED) is 0.674. The van der Waals surface area contributed by atoms with Crippen molar-refractivity contribution in [3.63, 3.8) is 0 Å². The Morgan fingerprint density at radius 1 is 1.61 bits per heavy atom. The van der Waals surface area contributed by atoms with Crippen molar-refractivity contribution in [1.29, 1.82) is 0 Å². The van der Waals surface area contributed by atoms with Crippen LogP contribution in [0, 0.1) is 5.92 Å². The molecule has 106 valence electrons. The first-order valence-corrected chi connectivity index (χ1v) is 6.77. The highest BCUT2D eigenvalue weighted by atomic mass is 16.5. The summed E-state index contributed by atoms with van der Waals surface area (Å²) < 4.78 is 10.5. The minimum Gasteiger partial charge on any atom is -0.465 e. The van der Waals surface area contributed by atoms with Crippen molar-refractivity contribution >= 4 is 5.97 Å². The zero-order valence-corrected chi connectivity index (χ0v) is 11.8. The van der Waals surface area contributed by atoms with Gasteiger partial charge >= 0.3 is 5.97 Å². The topological polar surface area (TPSA) is 50.8 Å². The zero-order chi connectivity index (χ0) is 13.4. The monoisotopic (exact) mass is 258 g/mol. The van der Waals surface area contributed by atoms with Gasteiger partial charge in [-0.15, -0.1) is 0 Å². The third-order valence-electron chi connectivity index (χ3n) is 3.24. The van der Waals surface area contributed by atoms with Crippen molar-refractivity contribution < 1.29 is 14.3 Å². The molecule has 0 aromatic heterocycles. The fraction of sp³-hybridized carbons (Fsp3) is 0.923. The van der Waals surface area contributed by atoms with Crippen LogP contribution >= 0.6 is 0 Å². The summed E-state index contributed by atoms with van der Waals surface area (Å²) in [7, 11) is 3.83. The van der Waals surface area contributed by atoms with Gasteiger partial charge in [0, 0.05) is 19.7 Å². The Kier molecular flexibility index (Phi) is 7.23. The van der Waals surface area contributed by atoms with Gasteiger partial charge in [0.15, 0.2) is 0 Å². The third kappa shape index (κ3) is 5.33. The van der Waals surface area contributed by atoms with E-state index in [1.807, 2.05) is 14.0 Å². The highest BCUT2D eigenvalue weighted by molar-refractivity contribution is 5.76. The molecule has 5 heteroatoms. The summed E-state index contributed by atoms with van der Waals surface area (Å²) in [5.41, 5.74) is 0. The van der Waals surface area contributed by atoms with E-state index in [2.05, 4.69) is 10.2 Å². The van der Waals surface area contributed by atoms with E-state index in [1.54, 1.807) is 7.05 Å². The molecule has 0 aromatic carbocycles. The van der Waals surface area contributed by atoms with Crippen LogP contribution in [-0.2, 0) is 14.3 Å². The lowest BCUT2D eigenvalue weighted by molar-refractivity contribution is -0.146. The van der Waals surface area contributed by atoms with Gasteiger partial charge in [0.25, 0.3) is 0 Å². The highest BCUT2D eigenvalue weighted by Gasteiger charge is 2.22. The second-order valence-corrected chi connectivity index (χ2v) is 4.90. The molecule has 0 aromatic rings. The van der Waals surface area contributed by atoms with Gasteiger partial charge in [0.05, 0.1) is 13.2 Å². The lowest BCUT2D eigenvalue weighted by atomic mass is 10.0. The Morgan fingerprint density at radius 2 is 2.39 bits per heavy atom. The number of hydrogen-bond donors (Lipinski definition) is 1. The first kappa shape index (κ1) is 15.4. The van der Waals surface area contributed by atoms with Gasteiger partial charge in [0.1, 0.15) is 6.04 Å². The lowest BCUT2D eigenvalue weighted by Crippen LogP contribution is -2.46. The Balaban J connectivity index is 2.31. The first-order valence-electron chi connectivity index (χ1n) is 6.77. The van der Waals surface area contributed by atoms with Crippen molar-refractivity contribution in [2.75, 3.05) is 47.0 Å².